The zero-order valence-corrected chi connectivity index (χ0v) is 12.6. The predicted molar refractivity (Wildman–Crippen MR) is 75.8 cm³/mol. The Kier molecular flexibility index (Phi) is 2.76. The summed E-state index contributed by atoms with van der Waals surface area (Å²) in [5, 5.41) is 0. The number of carbonyl (C=O) groups is 4. The summed E-state index contributed by atoms with van der Waals surface area (Å²) in [5.74, 6) is -2.31. The van der Waals surface area contributed by atoms with Crippen LogP contribution in [0.2, 0.25) is 0 Å². The summed E-state index contributed by atoms with van der Waals surface area (Å²) in [6.45, 7) is 0. The van der Waals surface area contributed by atoms with Crippen molar-refractivity contribution in [2.75, 3.05) is 14.2 Å². The molecule has 0 spiro atoms. The first-order valence-electron chi connectivity index (χ1n) is 7.42. The molecule has 6 nitrogen and oxygen atoms in total. The minimum Gasteiger partial charge on any atom is -0.466 e. The average molecular weight is 314 g/mol. The second kappa shape index (κ2) is 4.50. The van der Waals surface area contributed by atoms with Crippen LogP contribution in [0, 0.1) is 23.7 Å². The maximum atomic E-state index is 12.2. The van der Waals surface area contributed by atoms with Gasteiger partial charge in [-0.3, -0.25) is 9.59 Å². The number of esters is 2. The van der Waals surface area contributed by atoms with E-state index in [0.717, 1.165) is 0 Å². The first-order chi connectivity index (χ1) is 11.0. The van der Waals surface area contributed by atoms with Gasteiger partial charge in [0.05, 0.1) is 25.4 Å². The number of ketones is 2. The monoisotopic (exact) mass is 314 g/mol. The minimum atomic E-state index is -0.563. The van der Waals surface area contributed by atoms with Gasteiger partial charge in [0, 0.05) is 23.0 Å². The molecule has 2 bridgehead atoms. The average Bonchev–Trinajstić information content (AvgIpc) is 3.03. The van der Waals surface area contributed by atoms with Crippen molar-refractivity contribution in [1.29, 1.82) is 0 Å². The fourth-order valence-corrected chi connectivity index (χ4v) is 4.76. The largest absolute Gasteiger partial charge is 0.466 e. The summed E-state index contributed by atoms with van der Waals surface area (Å²) in [6, 6.07) is 0. The number of allylic oxidation sites excluding steroid dienone is 4. The first-order valence-corrected chi connectivity index (χ1v) is 7.42. The van der Waals surface area contributed by atoms with E-state index in [-0.39, 0.29) is 35.2 Å². The van der Waals surface area contributed by atoms with Crippen LogP contribution in [0.25, 0.3) is 0 Å². The second-order valence-electron chi connectivity index (χ2n) is 6.20. The SMILES string of the molecule is COC(=O)C1=C(C(=O)OC)[C@H]2[C@@H]1[C@H]1C[C@@H]2C2=C1C(=O)C=CC2=O. The Hall–Kier alpha value is -2.50. The van der Waals surface area contributed by atoms with Gasteiger partial charge in [0.1, 0.15) is 0 Å². The van der Waals surface area contributed by atoms with Crippen molar-refractivity contribution in [3.63, 3.8) is 0 Å². The Bertz CT molecular complexity index is 719. The van der Waals surface area contributed by atoms with Gasteiger partial charge in [-0.15, -0.1) is 0 Å². The van der Waals surface area contributed by atoms with E-state index < -0.39 is 11.9 Å². The van der Waals surface area contributed by atoms with Gasteiger partial charge >= 0.3 is 11.9 Å². The molecule has 0 unspecified atom stereocenters. The molecule has 0 aromatic rings. The molecule has 0 heterocycles. The van der Waals surface area contributed by atoms with E-state index in [4.69, 9.17) is 9.47 Å². The van der Waals surface area contributed by atoms with Crippen LogP contribution in [0.4, 0.5) is 0 Å². The van der Waals surface area contributed by atoms with Crippen molar-refractivity contribution in [3.05, 3.63) is 34.4 Å². The topological polar surface area (TPSA) is 86.7 Å². The number of hydrogen-bond acceptors (Lipinski definition) is 6. The molecule has 4 atom stereocenters. The van der Waals surface area contributed by atoms with Gasteiger partial charge in [-0.1, -0.05) is 0 Å². The molecule has 0 amide bonds. The van der Waals surface area contributed by atoms with Crippen molar-refractivity contribution in [3.8, 4) is 0 Å². The van der Waals surface area contributed by atoms with Crippen LogP contribution < -0.4 is 0 Å². The van der Waals surface area contributed by atoms with E-state index in [1.165, 1.54) is 26.4 Å². The van der Waals surface area contributed by atoms with E-state index in [0.29, 0.717) is 28.7 Å². The number of carbonyl (C=O) groups excluding carboxylic acids is 4. The van der Waals surface area contributed by atoms with E-state index in [1.807, 2.05) is 0 Å². The third-order valence-corrected chi connectivity index (χ3v) is 5.48. The molecule has 6 heteroatoms. The highest BCUT2D eigenvalue weighted by Crippen LogP contribution is 2.66. The molecule has 0 aromatic heterocycles. The summed E-state index contributed by atoms with van der Waals surface area (Å²) in [7, 11) is 2.51. The highest BCUT2D eigenvalue weighted by atomic mass is 16.5. The van der Waals surface area contributed by atoms with Gasteiger partial charge in [-0.25, -0.2) is 9.59 Å². The van der Waals surface area contributed by atoms with Gasteiger partial charge in [-0.05, 0) is 30.4 Å². The van der Waals surface area contributed by atoms with E-state index >= 15 is 0 Å². The van der Waals surface area contributed by atoms with Crippen LogP contribution in [-0.2, 0) is 28.7 Å². The van der Waals surface area contributed by atoms with Crippen molar-refractivity contribution in [2.24, 2.45) is 23.7 Å². The van der Waals surface area contributed by atoms with Crippen LogP contribution in [0.5, 0.6) is 0 Å². The molecular weight excluding hydrogens is 300 g/mol. The molecule has 0 aliphatic heterocycles. The molecule has 0 N–H and O–H groups in total. The van der Waals surface area contributed by atoms with Crippen molar-refractivity contribution < 1.29 is 28.7 Å². The molecule has 23 heavy (non-hydrogen) atoms. The van der Waals surface area contributed by atoms with E-state index in [1.54, 1.807) is 0 Å². The molecule has 1 fully saturated rings. The van der Waals surface area contributed by atoms with Gasteiger partial charge in [0.2, 0.25) is 0 Å². The minimum absolute atomic E-state index is 0.165. The van der Waals surface area contributed by atoms with E-state index in [9.17, 15) is 19.2 Å². The van der Waals surface area contributed by atoms with Gasteiger partial charge in [0.15, 0.2) is 11.6 Å². The third-order valence-electron chi connectivity index (χ3n) is 5.48. The fourth-order valence-electron chi connectivity index (χ4n) is 4.76. The molecule has 4 aliphatic rings. The Balaban J connectivity index is 1.82. The lowest BCUT2D eigenvalue weighted by Crippen LogP contribution is -2.45. The molecule has 118 valence electrons. The number of fused-ring (bicyclic) bond motifs is 7. The normalized spacial score (nSPS) is 33.5. The first kappa shape index (κ1) is 14.1. The maximum Gasteiger partial charge on any atom is 0.334 e. The maximum absolute atomic E-state index is 12.2. The third kappa shape index (κ3) is 1.53. The van der Waals surface area contributed by atoms with Gasteiger partial charge in [0.25, 0.3) is 0 Å². The van der Waals surface area contributed by atoms with Gasteiger partial charge < -0.3 is 9.47 Å². The lowest BCUT2D eigenvalue weighted by molar-refractivity contribution is -0.142. The van der Waals surface area contributed by atoms with Crippen molar-refractivity contribution >= 4 is 23.5 Å². The standard InChI is InChI=1S/C17H14O6/c1-22-16(20)14-12-6-5-7(13(12)15(14)17(21)23-2)11-9(19)4-3-8(18)10(6)11/h3-4,6-7,12-13H,5H2,1-2H3/t6-,7+,12-,13+. The summed E-state index contributed by atoms with van der Waals surface area (Å²) < 4.78 is 9.58. The predicted octanol–water partition coefficient (Wildman–Crippen LogP) is 0.529. The summed E-state index contributed by atoms with van der Waals surface area (Å²) in [6.07, 6.45) is 3.19. The lowest BCUT2D eigenvalue weighted by atomic mass is 9.58. The molecule has 0 radical (unpaired) electrons. The molecule has 0 aromatic carbocycles. The number of rotatable bonds is 2. The van der Waals surface area contributed by atoms with Crippen molar-refractivity contribution in [2.45, 2.75) is 6.42 Å². The number of hydrogen-bond donors (Lipinski definition) is 0. The smallest absolute Gasteiger partial charge is 0.334 e. The molecule has 0 saturated heterocycles. The van der Waals surface area contributed by atoms with Crippen molar-refractivity contribution in [1.82, 2.24) is 0 Å². The quantitative estimate of drug-likeness (QED) is 0.546. The summed E-state index contributed by atoms with van der Waals surface area (Å²) in [5.41, 5.74) is 1.65. The summed E-state index contributed by atoms with van der Waals surface area (Å²) >= 11 is 0. The molecule has 4 aliphatic carbocycles. The van der Waals surface area contributed by atoms with Crippen LogP contribution >= 0.6 is 0 Å². The molecular formula is C17H14O6. The van der Waals surface area contributed by atoms with Gasteiger partial charge in [-0.2, -0.15) is 0 Å². The van der Waals surface area contributed by atoms with Crippen LogP contribution in [-0.4, -0.2) is 37.7 Å². The van der Waals surface area contributed by atoms with Crippen LogP contribution in [0.3, 0.4) is 0 Å². The molecule has 1 saturated carbocycles. The highest BCUT2D eigenvalue weighted by molar-refractivity contribution is 6.22. The zero-order valence-electron chi connectivity index (χ0n) is 12.6. The Labute approximate surface area is 131 Å². The van der Waals surface area contributed by atoms with Crippen LogP contribution in [0.15, 0.2) is 34.4 Å². The van der Waals surface area contributed by atoms with Crippen LogP contribution in [0.1, 0.15) is 6.42 Å². The molecule has 4 rings (SSSR count). The zero-order chi connectivity index (χ0) is 16.5. The fraction of sp³-hybridized carbons (Fsp3) is 0.412. The number of methoxy groups -OCH3 is 2. The Morgan fingerprint density at radius 1 is 0.870 bits per heavy atom. The lowest BCUT2D eigenvalue weighted by Gasteiger charge is -2.43. The Morgan fingerprint density at radius 2 is 1.26 bits per heavy atom. The second-order valence-corrected chi connectivity index (χ2v) is 6.20. The summed E-state index contributed by atoms with van der Waals surface area (Å²) in [4.78, 5) is 48.5. The highest BCUT2D eigenvalue weighted by Gasteiger charge is 2.65. The number of ether oxygens (including phenoxy) is 2. The Morgan fingerprint density at radius 3 is 1.61 bits per heavy atom. The van der Waals surface area contributed by atoms with E-state index in [2.05, 4.69) is 0 Å².